The van der Waals surface area contributed by atoms with Crippen LogP contribution in [0.3, 0.4) is 0 Å². The van der Waals surface area contributed by atoms with Crippen LogP contribution in [0.4, 0.5) is 0 Å². The minimum atomic E-state index is 0.187. The van der Waals surface area contributed by atoms with E-state index in [0.29, 0.717) is 17.2 Å². The van der Waals surface area contributed by atoms with Gasteiger partial charge >= 0.3 is 0 Å². The van der Waals surface area contributed by atoms with Crippen molar-refractivity contribution in [2.45, 2.75) is 38.3 Å². The Morgan fingerprint density at radius 3 is 2.72 bits per heavy atom. The molecule has 3 heterocycles. The lowest BCUT2D eigenvalue weighted by Gasteiger charge is -2.38. The number of likely N-dealkylation sites (N-methyl/N-ethyl adjacent to an activating group) is 1. The van der Waals surface area contributed by atoms with E-state index < -0.39 is 0 Å². The molecule has 1 saturated heterocycles. The Kier molecular flexibility index (Phi) is 4.68. The molecule has 4 rings (SSSR count). The van der Waals surface area contributed by atoms with Gasteiger partial charge in [0.05, 0.1) is 25.5 Å². The molecule has 0 aliphatic carbocycles. The highest BCUT2D eigenvalue weighted by molar-refractivity contribution is 5.97. The van der Waals surface area contributed by atoms with Gasteiger partial charge in [-0.15, -0.1) is 0 Å². The monoisotopic (exact) mass is 340 g/mol. The molecule has 3 aliphatic heterocycles. The van der Waals surface area contributed by atoms with Crippen molar-refractivity contribution in [3.05, 3.63) is 47.7 Å². The largest absolute Gasteiger partial charge is 0.471 e. The van der Waals surface area contributed by atoms with Gasteiger partial charge in [-0.1, -0.05) is 35.4 Å². The van der Waals surface area contributed by atoms with Crippen LogP contribution in [-0.2, 0) is 15.9 Å². The summed E-state index contributed by atoms with van der Waals surface area (Å²) in [7, 11) is 0. The van der Waals surface area contributed by atoms with Gasteiger partial charge in [-0.3, -0.25) is 0 Å². The third-order valence-corrected chi connectivity index (χ3v) is 5.44. The fourth-order valence-electron chi connectivity index (χ4n) is 4.11. The van der Waals surface area contributed by atoms with Crippen molar-refractivity contribution in [3.8, 4) is 0 Å². The van der Waals surface area contributed by atoms with Crippen LogP contribution < -0.4 is 0 Å². The minimum absolute atomic E-state index is 0.187. The van der Waals surface area contributed by atoms with Crippen molar-refractivity contribution in [2.75, 3.05) is 26.4 Å². The molecule has 1 aromatic carbocycles. The van der Waals surface area contributed by atoms with Gasteiger partial charge in [0.2, 0.25) is 5.70 Å². The number of nitrogens with zero attached hydrogens (tertiary/aromatic N) is 3. The number of aliphatic imine (C=N–C) groups is 1. The van der Waals surface area contributed by atoms with Crippen molar-refractivity contribution in [1.82, 2.24) is 0 Å². The summed E-state index contributed by atoms with van der Waals surface area (Å²) < 4.78 is 12.2. The number of allylic oxidation sites excluding steroid dienone is 1. The Morgan fingerprint density at radius 1 is 1.16 bits per heavy atom. The first-order valence-corrected chi connectivity index (χ1v) is 9.28. The smallest absolute Gasteiger partial charge is 0.275 e. The van der Waals surface area contributed by atoms with E-state index in [1.54, 1.807) is 0 Å². The molecule has 132 valence electrons. The van der Waals surface area contributed by atoms with Crippen molar-refractivity contribution in [1.29, 1.82) is 0 Å². The molecule has 3 aliphatic rings. The van der Waals surface area contributed by atoms with Crippen molar-refractivity contribution < 1.29 is 14.1 Å². The van der Waals surface area contributed by atoms with E-state index in [4.69, 9.17) is 19.6 Å². The highest BCUT2D eigenvalue weighted by atomic mass is 16.5. The fourth-order valence-corrected chi connectivity index (χ4v) is 4.11. The first kappa shape index (κ1) is 16.5. The molecule has 1 fully saturated rings. The lowest BCUT2D eigenvalue weighted by atomic mass is 10.0. The molecule has 0 spiro atoms. The lowest BCUT2D eigenvalue weighted by molar-refractivity contribution is -0.916. The Bertz CT molecular complexity index is 692. The molecule has 0 radical (unpaired) electrons. The standard InChI is InChI=1S/C20H26N3O2/c1-2-23(18-9-12-24-13-10-18)19(8-11-21-23)20-22-17(15-25-20)14-16-6-4-3-5-7-16/h3-8,11,17-18H,2,9-10,12-15H2,1H3/q+1/t17-,23?/m1/s1. The third kappa shape index (κ3) is 3.14. The molecule has 0 saturated carbocycles. The zero-order chi connectivity index (χ0) is 17.1. The van der Waals surface area contributed by atoms with E-state index in [0.717, 1.165) is 50.6 Å². The molecule has 0 aromatic heterocycles. The van der Waals surface area contributed by atoms with Gasteiger partial charge < -0.3 is 9.47 Å². The SMILES string of the molecule is CC[N+]1(C2CCOCC2)N=CC=C1C1=N[C@H](Cc2ccccc2)CO1. The van der Waals surface area contributed by atoms with E-state index in [1.165, 1.54) is 5.56 Å². The molecule has 0 N–H and O–H groups in total. The number of hydrogen-bond acceptors (Lipinski definition) is 4. The van der Waals surface area contributed by atoms with E-state index in [-0.39, 0.29) is 6.04 Å². The van der Waals surface area contributed by atoms with Crippen molar-refractivity contribution in [2.24, 2.45) is 10.1 Å². The first-order chi connectivity index (χ1) is 12.3. The summed E-state index contributed by atoms with van der Waals surface area (Å²) in [6.07, 6.45) is 6.99. The summed E-state index contributed by atoms with van der Waals surface area (Å²) in [6.45, 7) is 5.40. The summed E-state index contributed by atoms with van der Waals surface area (Å²) >= 11 is 0. The van der Waals surface area contributed by atoms with Crippen LogP contribution in [-0.4, -0.2) is 55.2 Å². The van der Waals surface area contributed by atoms with Crippen LogP contribution in [0.25, 0.3) is 0 Å². The van der Waals surface area contributed by atoms with Gasteiger partial charge in [-0.25, -0.2) is 4.99 Å². The van der Waals surface area contributed by atoms with E-state index in [9.17, 15) is 0 Å². The van der Waals surface area contributed by atoms with Crippen LogP contribution in [0.5, 0.6) is 0 Å². The van der Waals surface area contributed by atoms with Gasteiger partial charge in [0.25, 0.3) is 5.90 Å². The molecule has 1 aromatic rings. The van der Waals surface area contributed by atoms with Gasteiger partial charge in [-0.05, 0) is 18.9 Å². The zero-order valence-corrected chi connectivity index (χ0v) is 14.8. The Balaban J connectivity index is 1.53. The van der Waals surface area contributed by atoms with E-state index in [1.807, 2.05) is 12.3 Å². The highest BCUT2D eigenvalue weighted by Crippen LogP contribution is 2.34. The second-order valence-electron chi connectivity index (χ2n) is 6.89. The number of rotatable bonds is 5. The number of quaternary nitrogens is 1. The van der Waals surface area contributed by atoms with Gasteiger partial charge in [-0.2, -0.15) is 4.59 Å². The maximum absolute atomic E-state index is 6.02. The number of ether oxygens (including phenoxy) is 2. The predicted molar refractivity (Wildman–Crippen MR) is 98.5 cm³/mol. The van der Waals surface area contributed by atoms with Gasteiger partial charge in [0.1, 0.15) is 19.2 Å². The van der Waals surface area contributed by atoms with Crippen LogP contribution in [0, 0.1) is 0 Å². The first-order valence-electron chi connectivity index (χ1n) is 9.28. The summed E-state index contributed by atoms with van der Waals surface area (Å²) in [5.41, 5.74) is 2.42. The highest BCUT2D eigenvalue weighted by Gasteiger charge is 2.47. The summed E-state index contributed by atoms with van der Waals surface area (Å²) in [5, 5.41) is 4.85. The second-order valence-corrected chi connectivity index (χ2v) is 6.89. The molecule has 5 heteroatoms. The van der Waals surface area contributed by atoms with Crippen LogP contribution in [0.2, 0.25) is 0 Å². The van der Waals surface area contributed by atoms with Gasteiger partial charge in [0, 0.05) is 18.9 Å². The van der Waals surface area contributed by atoms with Crippen molar-refractivity contribution >= 4 is 12.1 Å². The Hall–Kier alpha value is -1.98. The average Bonchev–Trinajstić information content (AvgIpc) is 3.30. The van der Waals surface area contributed by atoms with Crippen LogP contribution >= 0.6 is 0 Å². The Morgan fingerprint density at radius 2 is 1.96 bits per heavy atom. The molecular formula is C20H26N3O2+. The summed E-state index contributed by atoms with van der Waals surface area (Å²) in [6, 6.07) is 11.1. The maximum Gasteiger partial charge on any atom is 0.275 e. The van der Waals surface area contributed by atoms with Gasteiger partial charge in [0.15, 0.2) is 0 Å². The third-order valence-electron chi connectivity index (χ3n) is 5.44. The summed E-state index contributed by atoms with van der Waals surface area (Å²) in [5.74, 6) is 0.784. The Labute approximate surface area is 149 Å². The van der Waals surface area contributed by atoms with E-state index >= 15 is 0 Å². The van der Waals surface area contributed by atoms with E-state index in [2.05, 4.69) is 37.3 Å². The molecule has 5 nitrogen and oxygen atoms in total. The van der Waals surface area contributed by atoms with Crippen LogP contribution in [0.15, 0.2) is 52.2 Å². The topological polar surface area (TPSA) is 43.2 Å². The average molecular weight is 340 g/mol. The maximum atomic E-state index is 6.02. The zero-order valence-electron chi connectivity index (χ0n) is 14.8. The van der Waals surface area contributed by atoms with Crippen molar-refractivity contribution in [3.63, 3.8) is 0 Å². The molecule has 0 amide bonds. The summed E-state index contributed by atoms with van der Waals surface area (Å²) in [4.78, 5) is 4.90. The number of benzene rings is 1. The van der Waals surface area contributed by atoms with Crippen LogP contribution in [0.1, 0.15) is 25.3 Å². The number of hydrogen-bond donors (Lipinski definition) is 0. The predicted octanol–water partition coefficient (Wildman–Crippen LogP) is 2.93. The minimum Gasteiger partial charge on any atom is -0.471 e. The molecule has 25 heavy (non-hydrogen) atoms. The lowest BCUT2D eigenvalue weighted by Crippen LogP contribution is -2.52. The fraction of sp³-hybridized carbons (Fsp3) is 0.500. The normalized spacial score (nSPS) is 29.4. The molecule has 0 bridgehead atoms. The molecule has 2 atom stereocenters. The molecule has 1 unspecified atom stereocenters. The molecular weight excluding hydrogens is 314 g/mol. The second kappa shape index (κ2) is 7.10. The quantitative estimate of drug-likeness (QED) is 0.774.